The van der Waals surface area contributed by atoms with E-state index in [1.165, 1.54) is 11.3 Å². The maximum absolute atomic E-state index is 12.3. The number of carbonyl (C=O) groups is 1. The summed E-state index contributed by atoms with van der Waals surface area (Å²) in [6.45, 7) is 2.00. The van der Waals surface area contributed by atoms with Crippen LogP contribution >= 0.6 is 11.3 Å². The number of esters is 1. The van der Waals surface area contributed by atoms with Gasteiger partial charge in [0.2, 0.25) is 5.13 Å². The summed E-state index contributed by atoms with van der Waals surface area (Å²) < 4.78 is 6.78. The summed E-state index contributed by atoms with van der Waals surface area (Å²) in [5.41, 5.74) is 2.77. The van der Waals surface area contributed by atoms with Crippen LogP contribution in [0.3, 0.4) is 0 Å². The lowest BCUT2D eigenvalue weighted by Crippen LogP contribution is -2.14. The molecule has 23 heavy (non-hydrogen) atoms. The molecule has 9 heteroatoms. The van der Waals surface area contributed by atoms with Gasteiger partial charge in [-0.25, -0.2) is 14.5 Å². The molecule has 1 aliphatic carbocycles. The number of aromatic nitrogens is 5. The molecule has 0 aliphatic heterocycles. The Kier molecular flexibility index (Phi) is 3.15. The molecule has 0 fully saturated rings. The number of thiazole rings is 1. The van der Waals surface area contributed by atoms with Gasteiger partial charge in [0.15, 0.2) is 5.69 Å². The zero-order chi connectivity index (χ0) is 16.0. The van der Waals surface area contributed by atoms with E-state index in [2.05, 4.69) is 20.3 Å². The second-order valence-corrected chi connectivity index (χ2v) is 5.92. The minimum absolute atomic E-state index is 0.164. The number of ether oxygens (including phenoxy) is 1. The van der Waals surface area contributed by atoms with E-state index in [1.54, 1.807) is 17.8 Å². The highest BCUT2D eigenvalue weighted by Gasteiger charge is 2.32. The van der Waals surface area contributed by atoms with E-state index in [9.17, 15) is 9.59 Å². The minimum Gasteiger partial charge on any atom is -0.461 e. The number of fused-ring (bicyclic) bond motifs is 3. The Morgan fingerprint density at radius 1 is 1.43 bits per heavy atom. The Morgan fingerprint density at radius 2 is 2.30 bits per heavy atom. The molecule has 0 aromatic carbocycles. The molecule has 118 valence electrons. The Balaban J connectivity index is 1.98. The smallest absolute Gasteiger partial charge is 0.359 e. The molecule has 0 bridgehead atoms. The van der Waals surface area contributed by atoms with Crippen molar-refractivity contribution in [2.75, 3.05) is 6.61 Å². The van der Waals surface area contributed by atoms with Crippen LogP contribution < -0.4 is 5.56 Å². The molecule has 0 saturated heterocycles. The molecule has 0 spiro atoms. The van der Waals surface area contributed by atoms with Gasteiger partial charge in [-0.2, -0.15) is 5.10 Å². The molecule has 2 N–H and O–H groups in total. The van der Waals surface area contributed by atoms with Crippen LogP contribution in [0.15, 0.2) is 16.4 Å². The number of hydrogen-bond donors (Lipinski definition) is 2. The van der Waals surface area contributed by atoms with Crippen molar-refractivity contribution in [2.24, 2.45) is 0 Å². The van der Waals surface area contributed by atoms with Crippen molar-refractivity contribution >= 4 is 17.3 Å². The average Bonchev–Trinajstić information content (AvgIpc) is 3.25. The number of nitrogens with zero attached hydrogens (tertiary/aromatic N) is 3. The molecule has 3 heterocycles. The molecule has 0 atom stereocenters. The monoisotopic (exact) mass is 331 g/mol. The van der Waals surface area contributed by atoms with Gasteiger partial charge in [0.1, 0.15) is 0 Å². The van der Waals surface area contributed by atoms with Crippen molar-refractivity contribution < 1.29 is 9.53 Å². The van der Waals surface area contributed by atoms with E-state index in [1.807, 2.05) is 5.38 Å². The second kappa shape index (κ2) is 5.20. The molecule has 1 aliphatic rings. The van der Waals surface area contributed by atoms with E-state index in [0.29, 0.717) is 34.8 Å². The summed E-state index contributed by atoms with van der Waals surface area (Å²) in [4.78, 5) is 28.4. The Hall–Kier alpha value is -2.68. The maximum Gasteiger partial charge on any atom is 0.359 e. The van der Waals surface area contributed by atoms with E-state index >= 15 is 0 Å². The van der Waals surface area contributed by atoms with Gasteiger partial charge in [-0.1, -0.05) is 0 Å². The standard InChI is InChI=1S/C14H13N5O3S/c1-2-22-13(21)11-9-8(19(18-11)14-15-5-6-23-14)4-3-7-10(9)16-17-12(7)20/h5-6H,2-4H2,1H3,(H2,16,17,20). The fourth-order valence-electron chi connectivity index (χ4n) is 2.85. The van der Waals surface area contributed by atoms with Crippen LogP contribution in [0.2, 0.25) is 0 Å². The van der Waals surface area contributed by atoms with Crippen LogP contribution in [0, 0.1) is 0 Å². The topological polar surface area (TPSA) is 106 Å². The first-order valence-electron chi connectivity index (χ1n) is 7.19. The number of rotatable bonds is 3. The lowest BCUT2D eigenvalue weighted by Gasteiger charge is -2.12. The normalized spacial score (nSPS) is 12.7. The van der Waals surface area contributed by atoms with Crippen molar-refractivity contribution in [1.29, 1.82) is 0 Å². The van der Waals surface area contributed by atoms with E-state index in [-0.39, 0.29) is 17.9 Å². The van der Waals surface area contributed by atoms with Crippen LogP contribution in [0.1, 0.15) is 28.7 Å². The van der Waals surface area contributed by atoms with Crippen molar-refractivity contribution in [3.05, 3.63) is 38.9 Å². The van der Waals surface area contributed by atoms with Crippen molar-refractivity contribution in [2.45, 2.75) is 19.8 Å². The molecule has 0 unspecified atom stereocenters. The molecule has 8 nitrogen and oxygen atoms in total. The van der Waals surface area contributed by atoms with Gasteiger partial charge in [0, 0.05) is 17.1 Å². The molecular weight excluding hydrogens is 318 g/mol. The first-order valence-corrected chi connectivity index (χ1v) is 8.07. The third-order valence-corrected chi connectivity index (χ3v) is 4.54. The SMILES string of the molecule is CCOC(=O)c1nn(-c2nccs2)c2c1-c1[nH][nH]c(=O)c1CC2. The van der Waals surface area contributed by atoms with Gasteiger partial charge in [-0.05, 0) is 19.8 Å². The molecular formula is C14H13N5O3S. The number of carbonyl (C=O) groups excluding carboxylic acids is 1. The maximum atomic E-state index is 12.3. The van der Waals surface area contributed by atoms with Crippen LogP contribution in [-0.2, 0) is 17.6 Å². The fraction of sp³-hybridized carbons (Fsp3) is 0.286. The number of nitrogens with one attached hydrogen (secondary N) is 2. The molecule has 4 rings (SSSR count). The summed E-state index contributed by atoms with van der Waals surface area (Å²) in [6, 6.07) is 0. The van der Waals surface area contributed by atoms with Gasteiger partial charge in [0.25, 0.3) is 5.56 Å². The van der Waals surface area contributed by atoms with Gasteiger partial charge in [-0.15, -0.1) is 11.3 Å². The van der Waals surface area contributed by atoms with E-state index < -0.39 is 5.97 Å². The number of hydrogen-bond acceptors (Lipinski definition) is 6. The lowest BCUT2D eigenvalue weighted by atomic mass is 9.94. The fourth-order valence-corrected chi connectivity index (χ4v) is 3.46. The van der Waals surface area contributed by atoms with Gasteiger partial charge in [0.05, 0.1) is 23.6 Å². The van der Waals surface area contributed by atoms with E-state index in [4.69, 9.17) is 4.74 Å². The highest BCUT2D eigenvalue weighted by molar-refractivity contribution is 7.12. The van der Waals surface area contributed by atoms with Gasteiger partial charge in [-0.3, -0.25) is 15.0 Å². The highest BCUT2D eigenvalue weighted by Crippen LogP contribution is 2.35. The van der Waals surface area contributed by atoms with Crippen LogP contribution in [0.5, 0.6) is 0 Å². The first-order chi connectivity index (χ1) is 11.2. The van der Waals surface area contributed by atoms with Crippen molar-refractivity contribution in [3.63, 3.8) is 0 Å². The predicted octanol–water partition coefficient (Wildman–Crippen LogP) is 1.29. The largest absolute Gasteiger partial charge is 0.461 e. The lowest BCUT2D eigenvalue weighted by molar-refractivity contribution is 0.0520. The predicted molar refractivity (Wildman–Crippen MR) is 83.0 cm³/mol. The summed E-state index contributed by atoms with van der Waals surface area (Å²) in [5.74, 6) is -0.506. The molecule has 3 aromatic heterocycles. The third kappa shape index (κ3) is 2.04. The number of aromatic amines is 2. The number of H-pyrrole nitrogens is 2. The second-order valence-electron chi connectivity index (χ2n) is 5.05. The van der Waals surface area contributed by atoms with Crippen LogP contribution in [0.4, 0.5) is 0 Å². The Morgan fingerprint density at radius 3 is 3.04 bits per heavy atom. The van der Waals surface area contributed by atoms with Gasteiger partial charge >= 0.3 is 5.97 Å². The molecule has 0 amide bonds. The first kappa shape index (κ1) is 13.9. The third-order valence-electron chi connectivity index (χ3n) is 3.79. The highest BCUT2D eigenvalue weighted by atomic mass is 32.1. The van der Waals surface area contributed by atoms with Crippen molar-refractivity contribution in [1.82, 2.24) is 25.0 Å². The quantitative estimate of drug-likeness (QED) is 0.704. The average molecular weight is 331 g/mol. The van der Waals surface area contributed by atoms with Crippen LogP contribution in [0.25, 0.3) is 16.4 Å². The van der Waals surface area contributed by atoms with Crippen molar-refractivity contribution in [3.8, 4) is 16.4 Å². The summed E-state index contributed by atoms with van der Waals surface area (Å²) in [7, 11) is 0. The van der Waals surface area contributed by atoms with Gasteiger partial charge < -0.3 is 4.74 Å². The zero-order valence-electron chi connectivity index (χ0n) is 12.3. The molecule has 0 saturated carbocycles. The summed E-state index contributed by atoms with van der Waals surface area (Å²) >= 11 is 1.43. The van der Waals surface area contributed by atoms with E-state index in [0.717, 1.165) is 5.69 Å². The molecule has 0 radical (unpaired) electrons. The minimum atomic E-state index is -0.506. The Labute approximate surface area is 134 Å². The Bertz CT molecular complexity index is 934. The zero-order valence-corrected chi connectivity index (χ0v) is 13.1. The van der Waals surface area contributed by atoms with Crippen LogP contribution in [-0.4, -0.2) is 37.5 Å². The molecule has 3 aromatic rings. The summed E-state index contributed by atoms with van der Waals surface area (Å²) in [5, 5.41) is 12.4. The summed E-state index contributed by atoms with van der Waals surface area (Å²) in [6.07, 6.45) is 2.88.